The van der Waals surface area contributed by atoms with E-state index in [1.807, 2.05) is 29.2 Å². The summed E-state index contributed by atoms with van der Waals surface area (Å²) in [6.45, 7) is 2.48. The second-order valence-electron chi connectivity index (χ2n) is 7.85. The van der Waals surface area contributed by atoms with E-state index >= 15 is 0 Å². The maximum atomic E-state index is 14.5. The predicted molar refractivity (Wildman–Crippen MR) is 124 cm³/mol. The Kier molecular flexibility index (Phi) is 5.55. The number of aliphatic carboxylic acids is 1. The molecule has 0 saturated carbocycles. The number of fused-ring (bicyclic) bond motifs is 1. The average Bonchev–Trinajstić information content (AvgIpc) is 3.22. The second-order valence-corrected chi connectivity index (χ2v) is 8.28. The molecule has 4 aromatic rings. The van der Waals surface area contributed by atoms with Gasteiger partial charge in [-0.15, -0.1) is 0 Å². The summed E-state index contributed by atoms with van der Waals surface area (Å²) < 4.78 is 14.5. The second kappa shape index (κ2) is 8.67. The number of nitrogens with one attached hydrogen (secondary N) is 1. The number of carboxylic acids is 1. The van der Waals surface area contributed by atoms with Crippen molar-refractivity contribution in [1.82, 2.24) is 19.9 Å². The fourth-order valence-electron chi connectivity index (χ4n) is 3.95. The van der Waals surface area contributed by atoms with E-state index in [9.17, 15) is 9.18 Å². The van der Waals surface area contributed by atoms with Crippen LogP contribution in [0.15, 0.2) is 48.8 Å². The monoisotopic (exact) mass is 466 g/mol. The number of aromatic nitrogens is 4. The van der Waals surface area contributed by atoms with E-state index in [0.29, 0.717) is 36.8 Å². The Balaban J connectivity index is 1.25. The fourth-order valence-corrected chi connectivity index (χ4v) is 4.13. The third-order valence-corrected chi connectivity index (χ3v) is 5.84. The Morgan fingerprint density at radius 2 is 1.85 bits per heavy atom. The largest absolute Gasteiger partial charge is 0.481 e. The van der Waals surface area contributed by atoms with E-state index in [-0.39, 0.29) is 12.2 Å². The number of carboxylic acid groups (broad SMARTS) is 1. The molecule has 2 N–H and O–H groups in total. The van der Waals surface area contributed by atoms with Crippen LogP contribution in [0.2, 0.25) is 5.02 Å². The molecule has 0 aliphatic carbocycles. The first-order chi connectivity index (χ1) is 16.0. The summed E-state index contributed by atoms with van der Waals surface area (Å²) >= 11 is 6.05. The zero-order chi connectivity index (χ0) is 22.9. The molecule has 8 nitrogen and oxygen atoms in total. The maximum Gasteiger partial charge on any atom is 0.307 e. The summed E-state index contributed by atoms with van der Waals surface area (Å²) in [5, 5.41) is 9.51. The summed E-state index contributed by atoms with van der Waals surface area (Å²) in [6.07, 6.45) is 2.95. The number of hydrogen-bond acceptors (Lipinski definition) is 6. The van der Waals surface area contributed by atoms with Crippen molar-refractivity contribution in [1.29, 1.82) is 0 Å². The van der Waals surface area contributed by atoms with Crippen molar-refractivity contribution in [3.05, 3.63) is 65.2 Å². The fraction of sp³-hybridized carbons (Fsp3) is 0.217. The minimum absolute atomic E-state index is 0.247. The maximum absolute atomic E-state index is 14.5. The van der Waals surface area contributed by atoms with Gasteiger partial charge >= 0.3 is 5.97 Å². The SMILES string of the molecule is O=C(O)Cc1cnc(N2CCN(c3ccc(-c4nc5ccc(Cl)cc5[nH]4)cn3)CC2)c(F)c1. The van der Waals surface area contributed by atoms with Gasteiger partial charge in [0.1, 0.15) is 11.6 Å². The zero-order valence-corrected chi connectivity index (χ0v) is 18.3. The van der Waals surface area contributed by atoms with Gasteiger partial charge in [0, 0.05) is 49.2 Å². The molecule has 0 bridgehead atoms. The molecule has 1 fully saturated rings. The number of anilines is 2. The van der Waals surface area contributed by atoms with E-state index in [0.717, 1.165) is 28.2 Å². The van der Waals surface area contributed by atoms with E-state index in [1.165, 1.54) is 12.3 Å². The number of nitrogens with zero attached hydrogens (tertiary/aromatic N) is 5. The highest BCUT2D eigenvalue weighted by molar-refractivity contribution is 6.31. The quantitative estimate of drug-likeness (QED) is 0.462. The van der Waals surface area contributed by atoms with E-state index in [1.54, 1.807) is 12.3 Å². The molecule has 10 heteroatoms. The summed E-state index contributed by atoms with van der Waals surface area (Å²) in [5.74, 6) is 0.293. The third kappa shape index (κ3) is 4.45. The molecule has 1 aromatic carbocycles. The number of H-pyrrole nitrogens is 1. The first-order valence-electron chi connectivity index (χ1n) is 10.4. The van der Waals surface area contributed by atoms with Crippen molar-refractivity contribution in [2.24, 2.45) is 0 Å². The number of pyridine rings is 2. The molecule has 3 aromatic heterocycles. The number of halogens is 2. The van der Waals surface area contributed by atoms with Gasteiger partial charge in [0.2, 0.25) is 0 Å². The van der Waals surface area contributed by atoms with Gasteiger partial charge in [0.15, 0.2) is 11.6 Å². The summed E-state index contributed by atoms with van der Waals surface area (Å²) in [7, 11) is 0. The highest BCUT2D eigenvalue weighted by Crippen LogP contribution is 2.25. The van der Waals surface area contributed by atoms with Gasteiger partial charge in [-0.1, -0.05) is 11.6 Å². The van der Waals surface area contributed by atoms with E-state index in [4.69, 9.17) is 16.7 Å². The van der Waals surface area contributed by atoms with Crippen molar-refractivity contribution >= 4 is 40.2 Å². The average molecular weight is 467 g/mol. The molecule has 0 radical (unpaired) electrons. The van der Waals surface area contributed by atoms with Gasteiger partial charge in [-0.3, -0.25) is 4.79 Å². The zero-order valence-electron chi connectivity index (χ0n) is 17.5. The molecule has 1 aliphatic heterocycles. The van der Waals surface area contributed by atoms with Gasteiger partial charge in [-0.2, -0.15) is 0 Å². The van der Waals surface area contributed by atoms with E-state index < -0.39 is 11.8 Å². The lowest BCUT2D eigenvalue weighted by molar-refractivity contribution is -0.136. The summed E-state index contributed by atoms with van der Waals surface area (Å²) in [6, 6.07) is 10.7. The van der Waals surface area contributed by atoms with Crippen LogP contribution in [0.25, 0.3) is 22.4 Å². The van der Waals surface area contributed by atoms with Crippen LogP contribution in [-0.2, 0) is 11.2 Å². The van der Waals surface area contributed by atoms with Gasteiger partial charge in [0.05, 0.1) is 17.5 Å². The lowest BCUT2D eigenvalue weighted by Crippen LogP contribution is -2.47. The number of imidazole rings is 1. The molecule has 0 atom stereocenters. The number of aromatic amines is 1. The molecular weight excluding hydrogens is 447 g/mol. The summed E-state index contributed by atoms with van der Waals surface area (Å²) in [5.41, 5.74) is 2.93. The number of piperazine rings is 1. The Bertz CT molecular complexity index is 1320. The molecule has 0 spiro atoms. The number of rotatable bonds is 5. The third-order valence-electron chi connectivity index (χ3n) is 5.60. The normalized spacial score (nSPS) is 14.1. The van der Waals surface area contributed by atoms with Crippen LogP contribution in [0.5, 0.6) is 0 Å². The Labute approximate surface area is 193 Å². The van der Waals surface area contributed by atoms with Gasteiger partial charge < -0.3 is 19.9 Å². The molecule has 5 rings (SSSR count). The minimum atomic E-state index is -1.01. The Hall–Kier alpha value is -3.72. The van der Waals surface area contributed by atoms with Gasteiger partial charge in [-0.05, 0) is 42.0 Å². The molecule has 33 heavy (non-hydrogen) atoms. The molecule has 1 saturated heterocycles. The number of benzene rings is 1. The standard InChI is InChI=1S/C23H20ClFN6O2/c24-16-2-3-18-19(11-16)29-22(28-18)15-1-4-20(26-13-15)30-5-7-31(8-6-30)23-17(25)9-14(12-27-23)10-21(32)33/h1-4,9,11-13H,5-8,10H2,(H,28,29)(H,32,33). The smallest absolute Gasteiger partial charge is 0.307 e. The van der Waals surface area contributed by atoms with Crippen LogP contribution in [-0.4, -0.2) is 57.2 Å². The lowest BCUT2D eigenvalue weighted by Gasteiger charge is -2.36. The molecule has 0 unspecified atom stereocenters. The Morgan fingerprint density at radius 1 is 1.06 bits per heavy atom. The van der Waals surface area contributed by atoms with Crippen molar-refractivity contribution in [3.8, 4) is 11.4 Å². The van der Waals surface area contributed by atoms with Gasteiger partial charge in [-0.25, -0.2) is 19.3 Å². The highest BCUT2D eigenvalue weighted by atomic mass is 35.5. The molecular formula is C23H20ClFN6O2. The number of hydrogen-bond donors (Lipinski definition) is 2. The van der Waals surface area contributed by atoms with Crippen LogP contribution < -0.4 is 9.80 Å². The first kappa shape index (κ1) is 21.1. The van der Waals surface area contributed by atoms with Crippen LogP contribution >= 0.6 is 11.6 Å². The summed E-state index contributed by atoms with van der Waals surface area (Å²) in [4.78, 5) is 31.4. The molecule has 1 aliphatic rings. The topological polar surface area (TPSA) is 98.2 Å². The Morgan fingerprint density at radius 3 is 2.55 bits per heavy atom. The highest BCUT2D eigenvalue weighted by Gasteiger charge is 2.22. The van der Waals surface area contributed by atoms with Gasteiger partial charge in [0.25, 0.3) is 0 Å². The molecule has 0 amide bonds. The van der Waals surface area contributed by atoms with Crippen LogP contribution in [0.3, 0.4) is 0 Å². The lowest BCUT2D eigenvalue weighted by atomic mass is 10.2. The number of carbonyl (C=O) groups is 1. The first-order valence-corrected chi connectivity index (χ1v) is 10.8. The van der Waals surface area contributed by atoms with Crippen molar-refractivity contribution in [2.45, 2.75) is 6.42 Å². The molecule has 4 heterocycles. The van der Waals surface area contributed by atoms with Crippen LogP contribution in [0.4, 0.5) is 16.0 Å². The predicted octanol–water partition coefficient (Wildman–Crippen LogP) is 3.77. The molecule has 168 valence electrons. The van der Waals surface area contributed by atoms with Crippen LogP contribution in [0.1, 0.15) is 5.56 Å². The van der Waals surface area contributed by atoms with Crippen molar-refractivity contribution in [2.75, 3.05) is 36.0 Å². The minimum Gasteiger partial charge on any atom is -0.481 e. The van der Waals surface area contributed by atoms with Crippen molar-refractivity contribution in [3.63, 3.8) is 0 Å². The van der Waals surface area contributed by atoms with E-state index in [2.05, 4.69) is 24.8 Å². The van der Waals surface area contributed by atoms with Crippen LogP contribution in [0, 0.1) is 5.82 Å². The van der Waals surface area contributed by atoms with Crippen molar-refractivity contribution < 1.29 is 14.3 Å².